The number of halogens is 1. The summed E-state index contributed by atoms with van der Waals surface area (Å²) in [7, 11) is 0. The zero-order chi connectivity index (χ0) is 19.1. The van der Waals surface area contributed by atoms with Gasteiger partial charge in [-0.25, -0.2) is 4.39 Å². The van der Waals surface area contributed by atoms with Crippen molar-refractivity contribution in [1.82, 2.24) is 15.2 Å². The van der Waals surface area contributed by atoms with Crippen LogP contribution in [0.1, 0.15) is 18.4 Å². The Balaban J connectivity index is 1.53. The number of para-hydroxylation sites is 1. The highest BCUT2D eigenvalue weighted by Gasteiger charge is 2.43. The van der Waals surface area contributed by atoms with E-state index in [1.54, 1.807) is 48.8 Å². The van der Waals surface area contributed by atoms with E-state index in [1.165, 1.54) is 4.90 Å². The van der Waals surface area contributed by atoms with Gasteiger partial charge in [-0.05, 0) is 42.7 Å². The Morgan fingerprint density at radius 1 is 1.19 bits per heavy atom. The molecule has 142 valence electrons. The molecule has 1 saturated heterocycles. The molecule has 2 amide bonds. The smallest absolute Gasteiger partial charge is 0.260 e. The second-order valence-corrected chi connectivity index (χ2v) is 6.52. The van der Waals surface area contributed by atoms with Gasteiger partial charge in [-0.3, -0.25) is 14.6 Å². The molecule has 1 aliphatic rings. The number of rotatable bonds is 6. The number of nitrogens with one attached hydrogen (secondary N) is 1. The largest absolute Gasteiger partial charge is 0.484 e. The van der Waals surface area contributed by atoms with E-state index >= 15 is 4.39 Å². The average Bonchev–Trinajstić information content (AvgIpc) is 2.71. The molecule has 1 unspecified atom stereocenters. The highest BCUT2D eigenvalue weighted by atomic mass is 19.1. The van der Waals surface area contributed by atoms with Crippen LogP contribution in [0.15, 0.2) is 54.9 Å². The van der Waals surface area contributed by atoms with Crippen LogP contribution in [0.3, 0.4) is 0 Å². The summed E-state index contributed by atoms with van der Waals surface area (Å²) in [5.74, 6) is -0.451. The molecule has 1 fully saturated rings. The predicted molar refractivity (Wildman–Crippen MR) is 97.7 cm³/mol. The second kappa shape index (κ2) is 8.62. The van der Waals surface area contributed by atoms with Crippen LogP contribution in [0, 0.1) is 0 Å². The van der Waals surface area contributed by atoms with E-state index in [4.69, 9.17) is 4.74 Å². The fourth-order valence-corrected chi connectivity index (χ4v) is 3.00. The van der Waals surface area contributed by atoms with Gasteiger partial charge in [0.25, 0.3) is 11.8 Å². The van der Waals surface area contributed by atoms with Crippen molar-refractivity contribution in [3.8, 4) is 5.75 Å². The lowest BCUT2D eigenvalue weighted by Crippen LogP contribution is -2.56. The molecule has 0 aliphatic carbocycles. The van der Waals surface area contributed by atoms with Gasteiger partial charge in [0.2, 0.25) is 5.67 Å². The van der Waals surface area contributed by atoms with Crippen LogP contribution in [-0.2, 0) is 16.1 Å². The van der Waals surface area contributed by atoms with Gasteiger partial charge in [0.05, 0.1) is 6.54 Å². The quantitative estimate of drug-likeness (QED) is 0.844. The minimum absolute atomic E-state index is 0.0957. The van der Waals surface area contributed by atoms with Gasteiger partial charge in [0, 0.05) is 25.5 Å². The fraction of sp³-hybridized carbons (Fsp3) is 0.350. The number of nitrogens with zero attached hydrogens (tertiary/aromatic N) is 2. The maximum absolute atomic E-state index is 15.2. The van der Waals surface area contributed by atoms with Crippen LogP contribution in [0.2, 0.25) is 0 Å². The van der Waals surface area contributed by atoms with E-state index in [9.17, 15) is 9.59 Å². The first kappa shape index (κ1) is 18.8. The van der Waals surface area contributed by atoms with Crippen LogP contribution in [-0.4, -0.2) is 47.1 Å². The normalized spacial score (nSPS) is 19.4. The van der Waals surface area contributed by atoms with E-state index < -0.39 is 11.6 Å². The van der Waals surface area contributed by atoms with Gasteiger partial charge in [-0.15, -0.1) is 0 Å². The average molecular weight is 371 g/mol. The molecule has 0 radical (unpaired) electrons. The minimum atomic E-state index is -2.09. The molecule has 1 aliphatic heterocycles. The van der Waals surface area contributed by atoms with Gasteiger partial charge < -0.3 is 15.0 Å². The number of pyridine rings is 1. The Kier molecular flexibility index (Phi) is 6.01. The third-order valence-electron chi connectivity index (χ3n) is 4.51. The number of benzene rings is 1. The summed E-state index contributed by atoms with van der Waals surface area (Å²) in [6.07, 6.45) is 3.75. The minimum Gasteiger partial charge on any atom is -0.484 e. The summed E-state index contributed by atoms with van der Waals surface area (Å²) in [5, 5.41) is 2.62. The number of carbonyl (C=O) groups is 2. The van der Waals surface area contributed by atoms with Gasteiger partial charge in [-0.1, -0.05) is 18.2 Å². The van der Waals surface area contributed by atoms with Crippen LogP contribution in [0.4, 0.5) is 4.39 Å². The lowest BCUT2D eigenvalue weighted by Gasteiger charge is -2.36. The number of alkyl halides is 1. The summed E-state index contributed by atoms with van der Waals surface area (Å²) in [5.41, 5.74) is -1.25. The summed E-state index contributed by atoms with van der Waals surface area (Å²) in [6.45, 7) is 0.198. The maximum atomic E-state index is 15.2. The Labute approximate surface area is 157 Å². The van der Waals surface area contributed by atoms with Gasteiger partial charge >= 0.3 is 0 Å². The van der Waals surface area contributed by atoms with Crippen molar-refractivity contribution in [3.63, 3.8) is 0 Å². The standard InChI is InChI=1S/C20H22FN3O3/c21-20(19(26)23-13-16-7-10-22-11-8-16)9-4-12-24(15-20)18(25)14-27-17-5-2-1-3-6-17/h1-3,5-8,10-11H,4,9,12-15H2,(H,23,26). The zero-order valence-electron chi connectivity index (χ0n) is 14.9. The molecule has 0 spiro atoms. The number of hydrogen-bond donors (Lipinski definition) is 1. The lowest BCUT2D eigenvalue weighted by atomic mass is 9.93. The Morgan fingerprint density at radius 2 is 1.93 bits per heavy atom. The fourth-order valence-electron chi connectivity index (χ4n) is 3.00. The molecule has 3 rings (SSSR count). The Hall–Kier alpha value is -2.96. The maximum Gasteiger partial charge on any atom is 0.260 e. The van der Waals surface area contributed by atoms with Crippen molar-refractivity contribution in [2.24, 2.45) is 0 Å². The van der Waals surface area contributed by atoms with Gasteiger partial charge in [0.15, 0.2) is 6.61 Å². The summed E-state index contributed by atoms with van der Waals surface area (Å²) >= 11 is 0. The van der Waals surface area contributed by atoms with Crippen LogP contribution in [0.5, 0.6) is 5.75 Å². The molecule has 1 N–H and O–H groups in total. The van der Waals surface area contributed by atoms with E-state index in [1.807, 2.05) is 6.07 Å². The van der Waals surface area contributed by atoms with Crippen molar-refractivity contribution in [2.75, 3.05) is 19.7 Å². The first-order valence-corrected chi connectivity index (χ1v) is 8.88. The molecule has 6 nitrogen and oxygen atoms in total. The van der Waals surface area contributed by atoms with E-state index in [-0.39, 0.29) is 32.0 Å². The number of hydrogen-bond acceptors (Lipinski definition) is 4. The number of ether oxygens (including phenoxy) is 1. The number of carbonyl (C=O) groups excluding carboxylic acids is 2. The predicted octanol–water partition coefficient (Wildman–Crippen LogP) is 2.11. The molecule has 27 heavy (non-hydrogen) atoms. The highest BCUT2D eigenvalue weighted by Crippen LogP contribution is 2.26. The third kappa shape index (κ3) is 5.03. The van der Waals surface area contributed by atoms with Crippen molar-refractivity contribution in [2.45, 2.75) is 25.1 Å². The van der Waals surface area contributed by atoms with Gasteiger partial charge in [-0.2, -0.15) is 0 Å². The van der Waals surface area contributed by atoms with E-state index in [2.05, 4.69) is 10.3 Å². The summed E-state index contributed by atoms with van der Waals surface area (Å²) in [6, 6.07) is 12.5. The van der Waals surface area contributed by atoms with Gasteiger partial charge in [0.1, 0.15) is 5.75 Å². The third-order valence-corrected chi connectivity index (χ3v) is 4.51. The van der Waals surface area contributed by atoms with Crippen molar-refractivity contribution in [1.29, 1.82) is 0 Å². The molecule has 7 heteroatoms. The number of piperidine rings is 1. The SMILES string of the molecule is O=C(COc1ccccc1)N1CCCC(F)(C(=O)NCc2ccncc2)C1. The molecule has 2 aromatic rings. The first-order chi connectivity index (χ1) is 13.1. The van der Waals surface area contributed by atoms with Crippen molar-refractivity contribution >= 4 is 11.8 Å². The first-order valence-electron chi connectivity index (χ1n) is 8.88. The number of amides is 2. The number of aromatic nitrogens is 1. The zero-order valence-corrected chi connectivity index (χ0v) is 14.9. The molecular weight excluding hydrogens is 349 g/mol. The molecule has 2 heterocycles. The lowest BCUT2D eigenvalue weighted by molar-refractivity contribution is -0.144. The molecule has 1 aromatic heterocycles. The molecule has 0 bridgehead atoms. The Bertz CT molecular complexity index is 773. The monoisotopic (exact) mass is 371 g/mol. The number of likely N-dealkylation sites (tertiary alicyclic amines) is 1. The Morgan fingerprint density at radius 3 is 2.67 bits per heavy atom. The van der Waals surface area contributed by atoms with Crippen molar-refractivity contribution < 1.29 is 18.7 Å². The molecule has 0 saturated carbocycles. The second-order valence-electron chi connectivity index (χ2n) is 6.52. The van der Waals surface area contributed by atoms with Crippen LogP contribution >= 0.6 is 0 Å². The highest BCUT2D eigenvalue weighted by molar-refractivity contribution is 5.87. The van der Waals surface area contributed by atoms with Crippen LogP contribution in [0.25, 0.3) is 0 Å². The van der Waals surface area contributed by atoms with E-state index in [0.29, 0.717) is 18.7 Å². The molecule has 1 atom stereocenters. The van der Waals surface area contributed by atoms with Crippen molar-refractivity contribution in [3.05, 3.63) is 60.4 Å². The van der Waals surface area contributed by atoms with E-state index in [0.717, 1.165) is 5.56 Å². The summed E-state index contributed by atoms with van der Waals surface area (Å²) < 4.78 is 20.6. The molecule has 1 aromatic carbocycles. The van der Waals surface area contributed by atoms with Crippen LogP contribution < -0.4 is 10.1 Å². The summed E-state index contributed by atoms with van der Waals surface area (Å²) in [4.78, 5) is 30.0. The molecular formula is C20H22FN3O3. The topological polar surface area (TPSA) is 71.5 Å².